The molecule has 0 aliphatic heterocycles. The molecule has 0 amide bonds. The number of anilines is 1. The monoisotopic (exact) mass is 850 g/mol. The van der Waals surface area contributed by atoms with Crippen molar-refractivity contribution in [2.75, 3.05) is 5.73 Å². The van der Waals surface area contributed by atoms with Crippen LogP contribution in [-0.4, -0.2) is 11.4 Å². The largest absolute Gasteiger partial charge is 0.398 e. The van der Waals surface area contributed by atoms with Crippen molar-refractivity contribution in [2.45, 2.75) is 47.1 Å². The van der Waals surface area contributed by atoms with Crippen molar-refractivity contribution in [1.82, 2.24) is 0 Å². The highest BCUT2D eigenvalue weighted by Crippen LogP contribution is 2.23. The third-order valence-electron chi connectivity index (χ3n) is 8.10. The molecular formula is C47H43IN6O2. The van der Waals surface area contributed by atoms with Gasteiger partial charge >= 0.3 is 0 Å². The zero-order valence-corrected chi connectivity index (χ0v) is 34.3. The molecule has 0 fully saturated rings. The molecule has 0 aliphatic carbocycles. The van der Waals surface area contributed by atoms with Crippen LogP contribution < -0.4 is 5.73 Å². The van der Waals surface area contributed by atoms with E-state index in [-0.39, 0.29) is 0 Å². The number of aryl methyl sites for hydroxylation is 5. The smallest absolute Gasteiger partial charge is 0.151 e. The molecule has 280 valence electrons. The molecule has 0 aliphatic rings. The second kappa shape index (κ2) is 25.3. The van der Waals surface area contributed by atoms with Gasteiger partial charge in [0, 0.05) is 14.8 Å². The number of aliphatic hydroxyl groups excluding tert-OH is 1. The molecule has 0 bridgehead atoms. The highest BCUT2D eigenvalue weighted by molar-refractivity contribution is 14.1. The number of nitrogens with two attached hydrogens (primary N) is 1. The van der Waals surface area contributed by atoms with E-state index in [1.165, 1.54) is 0 Å². The first-order valence-corrected chi connectivity index (χ1v) is 18.1. The van der Waals surface area contributed by atoms with E-state index in [0.29, 0.717) is 46.2 Å². The molecule has 0 radical (unpaired) electrons. The number of nitrogen functional groups attached to an aromatic ring is 1. The van der Waals surface area contributed by atoms with Crippen LogP contribution >= 0.6 is 22.6 Å². The van der Waals surface area contributed by atoms with Crippen LogP contribution in [0, 0.1) is 94.8 Å². The van der Waals surface area contributed by atoms with E-state index in [2.05, 4.69) is 54.0 Å². The van der Waals surface area contributed by atoms with E-state index in [0.717, 1.165) is 48.1 Å². The second-order valence-electron chi connectivity index (χ2n) is 12.0. The van der Waals surface area contributed by atoms with Crippen molar-refractivity contribution >= 4 is 40.6 Å². The number of hydrogen-bond acceptors (Lipinski definition) is 8. The van der Waals surface area contributed by atoms with Gasteiger partial charge in [-0.1, -0.05) is 97.6 Å². The Hall–Kier alpha value is -6.81. The van der Waals surface area contributed by atoms with Crippen LogP contribution in [0.4, 0.5) is 5.69 Å². The Morgan fingerprint density at radius 3 is 1.36 bits per heavy atom. The fraction of sp³-hybridized carbons (Fsp3) is 0.149. The first-order valence-electron chi connectivity index (χ1n) is 17.1. The zero-order valence-electron chi connectivity index (χ0n) is 32.1. The average Bonchev–Trinajstić information content (AvgIpc) is 3.19. The minimum atomic E-state index is -0.623. The number of aliphatic hydroxyl groups is 1. The van der Waals surface area contributed by atoms with Gasteiger partial charge in [0.1, 0.15) is 24.3 Å². The van der Waals surface area contributed by atoms with Gasteiger partial charge in [0.2, 0.25) is 0 Å². The molecule has 0 saturated heterocycles. The first kappa shape index (κ1) is 47.2. The molecule has 8 nitrogen and oxygen atoms in total. The number of hydrogen-bond donors (Lipinski definition) is 2. The second-order valence-corrected chi connectivity index (χ2v) is 13.2. The van der Waals surface area contributed by atoms with Gasteiger partial charge in [-0.2, -0.15) is 26.3 Å². The van der Waals surface area contributed by atoms with Gasteiger partial charge in [-0.25, -0.2) is 0 Å². The molecule has 5 rings (SSSR count). The Morgan fingerprint density at radius 2 is 1.00 bits per heavy atom. The SMILES string of the molecule is C=CCC(O)c1cccc(C)c1C#N.C=Cc1cccc(C)c1C#N.Cc1cccc(C=O)c1C#N.Cc1cccc(I)c1C#N.Cc1cccc(N)c1C#N. The van der Waals surface area contributed by atoms with Crippen molar-refractivity contribution in [3.63, 3.8) is 0 Å². The highest BCUT2D eigenvalue weighted by atomic mass is 127. The molecule has 0 saturated carbocycles. The van der Waals surface area contributed by atoms with E-state index in [1.54, 1.807) is 36.4 Å². The maximum Gasteiger partial charge on any atom is 0.151 e. The number of nitriles is 5. The standard InChI is InChI=1S/C12H13NO.C10H9N.C9H7NO.C8H6IN.C8H8N2/c1-3-5-12(14)10-7-4-6-9(2)11(10)8-13;1-3-9-6-4-5-8(2)10(9)7-11;1-7-3-2-4-8(6-11)9(7)5-10;1-6-3-2-4-8(9)7(6)5-10;1-6-3-2-4-8(10)7(6)5-9/h3-4,6-7,12,14H,1,5H2,2H3;3-6H,1H2,2H3;2-4,6H,1H3;2-4H,1H3;2-4H,10H2,1H3. The van der Waals surface area contributed by atoms with Gasteiger partial charge in [-0.15, -0.1) is 6.58 Å². The summed E-state index contributed by atoms with van der Waals surface area (Å²) in [5, 5.41) is 53.2. The summed E-state index contributed by atoms with van der Waals surface area (Å²) in [6.07, 6.45) is 3.89. The summed E-state index contributed by atoms with van der Waals surface area (Å²) in [6, 6.07) is 38.1. The summed E-state index contributed by atoms with van der Waals surface area (Å²) < 4.78 is 1.03. The quantitative estimate of drug-likeness (QED) is 0.0758. The lowest BCUT2D eigenvalue weighted by molar-refractivity contribution is 0.112. The van der Waals surface area contributed by atoms with Gasteiger partial charge in [0.25, 0.3) is 0 Å². The number of benzene rings is 5. The van der Waals surface area contributed by atoms with Crippen LogP contribution in [0.15, 0.2) is 110 Å². The lowest BCUT2D eigenvalue weighted by atomic mass is 9.97. The fourth-order valence-electron chi connectivity index (χ4n) is 4.98. The van der Waals surface area contributed by atoms with E-state index in [9.17, 15) is 9.90 Å². The van der Waals surface area contributed by atoms with Crippen molar-refractivity contribution in [2.24, 2.45) is 0 Å². The summed E-state index contributed by atoms with van der Waals surface area (Å²) >= 11 is 2.16. The van der Waals surface area contributed by atoms with Crippen LogP contribution in [0.1, 0.15) is 89.6 Å². The molecule has 9 heteroatoms. The number of rotatable bonds is 5. The summed E-state index contributed by atoms with van der Waals surface area (Å²) in [7, 11) is 0. The van der Waals surface area contributed by atoms with Gasteiger partial charge in [-0.3, -0.25) is 4.79 Å². The van der Waals surface area contributed by atoms with E-state index >= 15 is 0 Å². The molecule has 0 spiro atoms. The van der Waals surface area contributed by atoms with Crippen LogP contribution in [0.25, 0.3) is 6.08 Å². The minimum Gasteiger partial charge on any atom is -0.398 e. The van der Waals surface area contributed by atoms with Crippen LogP contribution in [0.3, 0.4) is 0 Å². The first-order chi connectivity index (χ1) is 26.8. The molecule has 1 unspecified atom stereocenters. The Labute approximate surface area is 344 Å². The van der Waals surface area contributed by atoms with Gasteiger partial charge in [-0.05, 0) is 115 Å². The van der Waals surface area contributed by atoms with Crippen molar-refractivity contribution in [3.05, 3.63) is 186 Å². The Bertz CT molecular complexity index is 2200. The highest BCUT2D eigenvalue weighted by Gasteiger charge is 2.12. The van der Waals surface area contributed by atoms with E-state index in [4.69, 9.17) is 32.0 Å². The lowest BCUT2D eigenvalue weighted by Gasteiger charge is -2.11. The maximum absolute atomic E-state index is 10.4. The molecule has 56 heavy (non-hydrogen) atoms. The van der Waals surface area contributed by atoms with Crippen LogP contribution in [-0.2, 0) is 0 Å². The molecule has 0 aromatic heterocycles. The maximum atomic E-state index is 10.4. The minimum absolute atomic E-state index is 0.465. The number of aldehydes is 1. The summed E-state index contributed by atoms with van der Waals surface area (Å²) in [4.78, 5) is 10.4. The summed E-state index contributed by atoms with van der Waals surface area (Å²) in [5.74, 6) is 0. The van der Waals surface area contributed by atoms with Crippen molar-refractivity contribution < 1.29 is 9.90 Å². The van der Waals surface area contributed by atoms with Gasteiger partial charge in [0.05, 0.1) is 40.0 Å². The predicted octanol–water partition coefficient (Wildman–Crippen LogP) is 10.6. The third kappa shape index (κ3) is 14.2. The summed E-state index contributed by atoms with van der Waals surface area (Å²) in [5.41, 5.74) is 16.0. The van der Waals surface area contributed by atoms with Crippen molar-refractivity contribution in [3.8, 4) is 30.3 Å². The number of halogens is 1. The Balaban J connectivity index is 0.000000352. The normalized spacial score (nSPS) is 9.54. The molecule has 1 atom stereocenters. The number of carbonyl (C=O) groups is 1. The van der Waals surface area contributed by atoms with E-state index < -0.39 is 6.10 Å². The third-order valence-corrected chi connectivity index (χ3v) is 9.00. The van der Waals surface area contributed by atoms with Crippen LogP contribution in [0.2, 0.25) is 0 Å². The van der Waals surface area contributed by atoms with Gasteiger partial charge < -0.3 is 10.8 Å². The molecule has 0 heterocycles. The van der Waals surface area contributed by atoms with E-state index in [1.807, 2.05) is 113 Å². The fourth-order valence-corrected chi connectivity index (χ4v) is 5.73. The average molecular weight is 851 g/mol. The predicted molar refractivity (Wildman–Crippen MR) is 232 cm³/mol. The number of carbonyl (C=O) groups excluding carboxylic acids is 1. The van der Waals surface area contributed by atoms with Crippen LogP contribution in [0.5, 0.6) is 0 Å². The molecule has 5 aromatic rings. The Kier molecular flexibility index (Phi) is 21.3. The van der Waals surface area contributed by atoms with Crippen molar-refractivity contribution in [1.29, 1.82) is 26.3 Å². The summed E-state index contributed by atoms with van der Waals surface area (Å²) in [6.45, 7) is 16.6. The lowest BCUT2D eigenvalue weighted by Crippen LogP contribution is -2.00. The van der Waals surface area contributed by atoms with Gasteiger partial charge in [0.15, 0.2) is 6.29 Å². The zero-order chi connectivity index (χ0) is 42.2. The molecular weight excluding hydrogens is 807 g/mol. The Morgan fingerprint density at radius 1 is 0.607 bits per heavy atom. The number of nitrogens with zero attached hydrogens (tertiary/aromatic N) is 5. The molecule has 3 N–H and O–H groups in total. The molecule has 5 aromatic carbocycles. The topological polar surface area (TPSA) is 182 Å².